The molecule has 3 aromatic carbocycles. The lowest BCUT2D eigenvalue weighted by Crippen LogP contribution is -2.51. The van der Waals surface area contributed by atoms with Crippen molar-refractivity contribution < 1.29 is 18.7 Å². The van der Waals surface area contributed by atoms with Crippen LogP contribution in [0.2, 0.25) is 0 Å². The van der Waals surface area contributed by atoms with Gasteiger partial charge in [-0.05, 0) is 30.2 Å². The first-order valence-electron chi connectivity index (χ1n) is 10.5. The Hall–Kier alpha value is -3.67. The number of para-hydroxylation sites is 1. The van der Waals surface area contributed by atoms with E-state index in [1.165, 1.54) is 17.0 Å². The average molecular weight is 435 g/mol. The van der Waals surface area contributed by atoms with Gasteiger partial charge in [0.05, 0.1) is 0 Å². The molecule has 0 bridgehead atoms. The Morgan fingerprint density at radius 2 is 1.66 bits per heavy atom. The molecule has 0 saturated carbocycles. The topological polar surface area (TPSA) is 58.6 Å². The molecule has 0 aromatic heterocycles. The van der Waals surface area contributed by atoms with Gasteiger partial charge in [0.2, 0.25) is 5.91 Å². The summed E-state index contributed by atoms with van der Waals surface area (Å²) in [4.78, 5) is 27.6. The second kappa shape index (κ2) is 11.1. The number of aryl methyl sites for hydroxylation is 1. The fourth-order valence-corrected chi connectivity index (χ4v) is 3.51. The SMILES string of the molecule is CNC(=O)[C@@H](Cc1ccccc1)N(Cc1cccc(C)c1)C(=O)COc1ccccc1F. The minimum absolute atomic E-state index is 0.00379. The highest BCUT2D eigenvalue weighted by atomic mass is 19.1. The van der Waals surface area contributed by atoms with E-state index < -0.39 is 17.8 Å². The van der Waals surface area contributed by atoms with Gasteiger partial charge in [0.15, 0.2) is 18.2 Å². The summed E-state index contributed by atoms with van der Waals surface area (Å²) in [6.45, 7) is 1.82. The molecule has 166 valence electrons. The lowest BCUT2D eigenvalue weighted by molar-refractivity contribution is -0.142. The van der Waals surface area contributed by atoms with Gasteiger partial charge in [-0.2, -0.15) is 0 Å². The average Bonchev–Trinajstić information content (AvgIpc) is 2.81. The number of rotatable bonds is 9. The normalized spacial score (nSPS) is 11.5. The highest BCUT2D eigenvalue weighted by Gasteiger charge is 2.30. The predicted molar refractivity (Wildman–Crippen MR) is 122 cm³/mol. The maximum absolute atomic E-state index is 13.9. The third kappa shape index (κ3) is 6.17. The van der Waals surface area contributed by atoms with Crippen LogP contribution in [0.4, 0.5) is 4.39 Å². The number of hydrogen-bond acceptors (Lipinski definition) is 3. The Balaban J connectivity index is 1.88. The van der Waals surface area contributed by atoms with Crippen LogP contribution in [0.5, 0.6) is 5.75 Å². The summed E-state index contributed by atoms with van der Waals surface area (Å²) in [6, 6.07) is 22.5. The van der Waals surface area contributed by atoms with Crippen LogP contribution in [0.25, 0.3) is 0 Å². The quantitative estimate of drug-likeness (QED) is 0.556. The molecule has 6 heteroatoms. The Kier molecular flexibility index (Phi) is 7.97. The summed E-state index contributed by atoms with van der Waals surface area (Å²) in [6.07, 6.45) is 0.345. The van der Waals surface area contributed by atoms with Gasteiger partial charge >= 0.3 is 0 Å². The molecular formula is C26H27FN2O3. The minimum atomic E-state index is -0.750. The van der Waals surface area contributed by atoms with Crippen molar-refractivity contribution in [1.82, 2.24) is 10.2 Å². The lowest BCUT2D eigenvalue weighted by atomic mass is 10.0. The van der Waals surface area contributed by atoms with E-state index in [2.05, 4.69) is 5.32 Å². The van der Waals surface area contributed by atoms with Gasteiger partial charge in [-0.3, -0.25) is 9.59 Å². The molecule has 0 radical (unpaired) electrons. The van der Waals surface area contributed by atoms with Crippen LogP contribution in [0.15, 0.2) is 78.9 Å². The van der Waals surface area contributed by atoms with Gasteiger partial charge in [0.1, 0.15) is 6.04 Å². The first-order valence-corrected chi connectivity index (χ1v) is 10.5. The number of ether oxygens (including phenoxy) is 1. The highest BCUT2D eigenvalue weighted by Crippen LogP contribution is 2.18. The molecule has 32 heavy (non-hydrogen) atoms. The number of nitrogens with one attached hydrogen (secondary N) is 1. The van der Waals surface area contributed by atoms with E-state index in [0.717, 1.165) is 16.7 Å². The molecule has 0 spiro atoms. The number of carbonyl (C=O) groups is 2. The number of nitrogens with zero attached hydrogens (tertiary/aromatic N) is 1. The van der Waals surface area contributed by atoms with Crippen molar-refractivity contribution in [1.29, 1.82) is 0 Å². The third-order valence-corrected chi connectivity index (χ3v) is 5.14. The van der Waals surface area contributed by atoms with Gasteiger partial charge in [0.25, 0.3) is 5.91 Å². The maximum atomic E-state index is 13.9. The van der Waals surface area contributed by atoms with Crippen LogP contribution in [0, 0.1) is 12.7 Å². The largest absolute Gasteiger partial charge is 0.481 e. The molecule has 0 heterocycles. The Bertz CT molecular complexity index is 1060. The maximum Gasteiger partial charge on any atom is 0.261 e. The first kappa shape index (κ1) is 23.0. The number of likely N-dealkylation sites (N-methyl/N-ethyl adjacent to an activating group) is 1. The molecule has 0 unspecified atom stereocenters. The van der Waals surface area contributed by atoms with Crippen LogP contribution in [0.3, 0.4) is 0 Å². The second-order valence-corrected chi connectivity index (χ2v) is 7.55. The van der Waals surface area contributed by atoms with Crippen LogP contribution in [-0.4, -0.2) is 36.4 Å². The van der Waals surface area contributed by atoms with Gasteiger partial charge < -0.3 is 15.0 Å². The summed E-state index contributed by atoms with van der Waals surface area (Å²) in [5, 5.41) is 2.67. The van der Waals surface area contributed by atoms with Crippen LogP contribution >= 0.6 is 0 Å². The predicted octanol–water partition coefficient (Wildman–Crippen LogP) is 3.90. The Morgan fingerprint density at radius 3 is 2.34 bits per heavy atom. The zero-order chi connectivity index (χ0) is 22.9. The van der Waals surface area contributed by atoms with E-state index in [1.54, 1.807) is 19.2 Å². The fraction of sp³-hybridized carbons (Fsp3) is 0.231. The highest BCUT2D eigenvalue weighted by molar-refractivity contribution is 5.88. The van der Waals surface area contributed by atoms with E-state index in [-0.39, 0.29) is 24.8 Å². The van der Waals surface area contributed by atoms with Gasteiger partial charge in [-0.15, -0.1) is 0 Å². The van der Waals surface area contributed by atoms with Gasteiger partial charge in [-0.1, -0.05) is 72.3 Å². The monoisotopic (exact) mass is 434 g/mol. The van der Waals surface area contributed by atoms with Crippen LogP contribution in [0.1, 0.15) is 16.7 Å². The molecule has 2 amide bonds. The molecule has 0 aliphatic heterocycles. The molecule has 0 aliphatic rings. The summed E-state index contributed by atoms with van der Waals surface area (Å²) in [7, 11) is 1.55. The Morgan fingerprint density at radius 1 is 0.969 bits per heavy atom. The van der Waals surface area contributed by atoms with Crippen molar-refractivity contribution in [2.45, 2.75) is 25.9 Å². The Labute approximate surface area is 187 Å². The second-order valence-electron chi connectivity index (χ2n) is 7.55. The van der Waals surface area contributed by atoms with Crippen LogP contribution < -0.4 is 10.1 Å². The molecule has 0 fully saturated rings. The van der Waals surface area contributed by atoms with Crippen molar-refractivity contribution in [3.63, 3.8) is 0 Å². The number of halogens is 1. The van der Waals surface area contributed by atoms with Crippen molar-refractivity contribution in [2.75, 3.05) is 13.7 Å². The third-order valence-electron chi connectivity index (χ3n) is 5.14. The smallest absolute Gasteiger partial charge is 0.261 e. The molecule has 1 atom stereocenters. The molecule has 1 N–H and O–H groups in total. The van der Waals surface area contributed by atoms with E-state index in [9.17, 15) is 14.0 Å². The number of amides is 2. The van der Waals surface area contributed by atoms with Crippen molar-refractivity contribution in [2.24, 2.45) is 0 Å². The minimum Gasteiger partial charge on any atom is -0.481 e. The molecule has 0 aliphatic carbocycles. The van der Waals surface area contributed by atoms with Gasteiger partial charge in [0, 0.05) is 20.0 Å². The number of benzene rings is 3. The molecule has 5 nitrogen and oxygen atoms in total. The van der Waals surface area contributed by atoms with Crippen molar-refractivity contribution >= 4 is 11.8 Å². The van der Waals surface area contributed by atoms with E-state index in [0.29, 0.717) is 6.42 Å². The van der Waals surface area contributed by atoms with Gasteiger partial charge in [-0.25, -0.2) is 4.39 Å². The van der Waals surface area contributed by atoms with Crippen LogP contribution in [-0.2, 0) is 22.6 Å². The summed E-state index contributed by atoms with van der Waals surface area (Å²) in [5.41, 5.74) is 2.88. The lowest BCUT2D eigenvalue weighted by Gasteiger charge is -2.31. The fourth-order valence-electron chi connectivity index (χ4n) is 3.51. The summed E-state index contributed by atoms with van der Waals surface area (Å²) >= 11 is 0. The standard InChI is InChI=1S/C26H27FN2O3/c1-19-9-8-12-21(15-19)17-29(25(30)18-32-24-14-7-6-13-22(24)27)23(26(31)28-2)16-20-10-4-3-5-11-20/h3-15,23H,16-18H2,1-2H3,(H,28,31)/t23-/m1/s1. The number of hydrogen-bond donors (Lipinski definition) is 1. The molecule has 0 saturated heterocycles. The molecule has 3 aromatic rings. The first-order chi connectivity index (χ1) is 15.5. The summed E-state index contributed by atoms with van der Waals surface area (Å²) in [5.74, 6) is -1.23. The zero-order valence-electron chi connectivity index (χ0n) is 18.3. The van der Waals surface area contributed by atoms with Crippen molar-refractivity contribution in [3.8, 4) is 5.75 Å². The van der Waals surface area contributed by atoms with E-state index in [4.69, 9.17) is 4.74 Å². The molecule has 3 rings (SSSR count). The molecular weight excluding hydrogens is 407 g/mol. The van der Waals surface area contributed by atoms with E-state index >= 15 is 0 Å². The zero-order valence-corrected chi connectivity index (χ0v) is 18.3. The van der Waals surface area contributed by atoms with E-state index in [1.807, 2.05) is 61.5 Å². The van der Waals surface area contributed by atoms with Crippen molar-refractivity contribution in [3.05, 3.63) is 101 Å². The number of carbonyl (C=O) groups excluding carboxylic acids is 2. The summed E-state index contributed by atoms with van der Waals surface area (Å²) < 4.78 is 19.4.